The van der Waals surface area contributed by atoms with Crippen LogP contribution in [0, 0.1) is 11.8 Å². The van der Waals surface area contributed by atoms with Gasteiger partial charge in [0.2, 0.25) is 5.91 Å². The lowest BCUT2D eigenvalue weighted by Gasteiger charge is -2.51. The highest BCUT2D eigenvalue weighted by Crippen LogP contribution is 2.42. The van der Waals surface area contributed by atoms with E-state index in [1.807, 2.05) is 55.1 Å². The fourth-order valence-electron chi connectivity index (χ4n) is 5.24. The van der Waals surface area contributed by atoms with E-state index in [1.54, 1.807) is 0 Å². The van der Waals surface area contributed by atoms with Gasteiger partial charge in [-0.2, -0.15) is 0 Å². The Kier molecular flexibility index (Phi) is 5.81. The zero-order valence-corrected chi connectivity index (χ0v) is 17.3. The maximum Gasteiger partial charge on any atom is 0.227 e. The summed E-state index contributed by atoms with van der Waals surface area (Å²) in [4.78, 5) is 30.9. The Labute approximate surface area is 173 Å². The van der Waals surface area contributed by atoms with E-state index in [0.717, 1.165) is 24.1 Å². The molecule has 152 valence electrons. The number of hydrogen-bond donors (Lipinski definition) is 0. The number of benzene rings is 2. The van der Waals surface area contributed by atoms with Crippen molar-refractivity contribution in [3.63, 3.8) is 0 Å². The number of fused-ring (bicyclic) bond motifs is 3. The smallest absolute Gasteiger partial charge is 0.227 e. The third-order valence-corrected chi connectivity index (χ3v) is 6.72. The maximum atomic E-state index is 13.7. The van der Waals surface area contributed by atoms with Gasteiger partial charge in [-0.1, -0.05) is 60.7 Å². The van der Waals surface area contributed by atoms with Crippen molar-refractivity contribution in [3.8, 4) is 0 Å². The molecule has 0 aromatic heterocycles. The Morgan fingerprint density at radius 3 is 2.03 bits per heavy atom. The highest BCUT2D eigenvalue weighted by molar-refractivity contribution is 5.95. The molecule has 3 aliphatic rings. The van der Waals surface area contributed by atoms with Crippen molar-refractivity contribution >= 4 is 11.7 Å². The minimum atomic E-state index is -0.195. The molecule has 4 heteroatoms. The zero-order chi connectivity index (χ0) is 20.4. The van der Waals surface area contributed by atoms with Crippen LogP contribution in [0.15, 0.2) is 60.7 Å². The molecule has 1 amide bonds. The van der Waals surface area contributed by atoms with Gasteiger partial charge in [-0.3, -0.25) is 14.5 Å². The summed E-state index contributed by atoms with van der Waals surface area (Å²) in [6, 6.07) is 20.5. The first-order valence-electron chi connectivity index (χ1n) is 10.8. The van der Waals surface area contributed by atoms with E-state index < -0.39 is 0 Å². The van der Waals surface area contributed by atoms with Gasteiger partial charge in [0.15, 0.2) is 5.78 Å². The van der Waals surface area contributed by atoms with Crippen LogP contribution in [-0.2, 0) is 9.59 Å². The van der Waals surface area contributed by atoms with Crippen LogP contribution in [0.4, 0.5) is 0 Å². The van der Waals surface area contributed by atoms with Gasteiger partial charge in [-0.25, -0.2) is 0 Å². The summed E-state index contributed by atoms with van der Waals surface area (Å²) >= 11 is 0. The first-order valence-corrected chi connectivity index (χ1v) is 10.8. The van der Waals surface area contributed by atoms with Crippen LogP contribution in [0.3, 0.4) is 0 Å². The number of carbonyl (C=O) groups is 2. The summed E-state index contributed by atoms with van der Waals surface area (Å²) in [5.41, 5.74) is 2.33. The van der Waals surface area contributed by atoms with E-state index in [2.05, 4.69) is 29.2 Å². The average molecular weight is 391 g/mol. The third-order valence-electron chi connectivity index (χ3n) is 6.72. The van der Waals surface area contributed by atoms with Gasteiger partial charge < -0.3 is 4.90 Å². The van der Waals surface area contributed by atoms with Gasteiger partial charge in [0.1, 0.15) is 0 Å². The predicted octanol–water partition coefficient (Wildman–Crippen LogP) is 3.58. The molecule has 3 saturated heterocycles. The number of nitrogens with zero attached hydrogens (tertiary/aromatic N) is 2. The van der Waals surface area contributed by atoms with Crippen molar-refractivity contribution < 1.29 is 9.59 Å². The predicted molar refractivity (Wildman–Crippen MR) is 115 cm³/mol. The second-order valence-corrected chi connectivity index (χ2v) is 8.15. The Bertz CT molecular complexity index is 808. The van der Waals surface area contributed by atoms with Crippen LogP contribution >= 0.6 is 0 Å². The molecule has 3 fully saturated rings. The Balaban J connectivity index is 1.68. The number of carbonyl (C=O) groups excluding carboxylic acids is 2. The molecule has 2 bridgehead atoms. The molecular weight excluding hydrogens is 360 g/mol. The second-order valence-electron chi connectivity index (χ2n) is 8.15. The lowest BCUT2D eigenvalue weighted by atomic mass is 9.68. The van der Waals surface area contributed by atoms with Crippen LogP contribution in [0.25, 0.3) is 0 Å². The SMILES string of the molecule is CCN(CC)C(=O)C1CN2CCC1C(=O)C2C(c1ccccc1)c1ccccc1. The monoisotopic (exact) mass is 390 g/mol. The normalized spacial score (nSPS) is 26.0. The summed E-state index contributed by atoms with van der Waals surface area (Å²) in [5, 5.41) is 0. The van der Waals surface area contributed by atoms with Gasteiger partial charge in [0.05, 0.1) is 12.0 Å². The van der Waals surface area contributed by atoms with Gasteiger partial charge >= 0.3 is 0 Å². The summed E-state index contributed by atoms with van der Waals surface area (Å²) in [5.74, 6) is 0.0306. The van der Waals surface area contributed by atoms with E-state index in [-0.39, 0.29) is 35.5 Å². The number of amides is 1. The number of hydrogen-bond acceptors (Lipinski definition) is 3. The Morgan fingerprint density at radius 2 is 1.55 bits per heavy atom. The average Bonchev–Trinajstić information content (AvgIpc) is 2.78. The van der Waals surface area contributed by atoms with Crippen molar-refractivity contribution in [3.05, 3.63) is 71.8 Å². The molecule has 3 heterocycles. The number of ketones is 1. The molecule has 4 atom stereocenters. The maximum absolute atomic E-state index is 13.7. The zero-order valence-electron chi connectivity index (χ0n) is 17.3. The quantitative estimate of drug-likeness (QED) is 0.757. The highest BCUT2D eigenvalue weighted by atomic mass is 16.2. The summed E-state index contributed by atoms with van der Waals surface area (Å²) in [6.45, 7) is 6.99. The summed E-state index contributed by atoms with van der Waals surface area (Å²) in [7, 11) is 0. The number of piperidine rings is 3. The van der Waals surface area contributed by atoms with E-state index in [9.17, 15) is 9.59 Å². The molecule has 0 N–H and O–H groups in total. The lowest BCUT2D eigenvalue weighted by molar-refractivity contribution is -0.154. The first kappa shape index (κ1) is 19.8. The van der Waals surface area contributed by atoms with Crippen LogP contribution in [-0.4, -0.2) is 53.7 Å². The van der Waals surface area contributed by atoms with Crippen molar-refractivity contribution in [2.24, 2.45) is 11.8 Å². The van der Waals surface area contributed by atoms with Gasteiger partial charge in [-0.15, -0.1) is 0 Å². The molecule has 4 nitrogen and oxygen atoms in total. The van der Waals surface area contributed by atoms with Crippen LogP contribution in [0.2, 0.25) is 0 Å². The second kappa shape index (κ2) is 8.50. The van der Waals surface area contributed by atoms with E-state index >= 15 is 0 Å². The highest BCUT2D eigenvalue weighted by Gasteiger charge is 2.52. The molecular formula is C25H30N2O2. The van der Waals surface area contributed by atoms with Crippen molar-refractivity contribution in [1.29, 1.82) is 0 Å². The Morgan fingerprint density at radius 1 is 1.00 bits per heavy atom. The summed E-state index contributed by atoms with van der Waals surface area (Å²) in [6.07, 6.45) is 0.795. The fraction of sp³-hybridized carbons (Fsp3) is 0.440. The van der Waals surface area contributed by atoms with Crippen LogP contribution in [0.1, 0.15) is 37.3 Å². The number of Topliss-reactive ketones (excluding diaryl/α,β-unsaturated/α-hetero) is 1. The van der Waals surface area contributed by atoms with Gasteiger partial charge in [0, 0.05) is 31.5 Å². The lowest BCUT2D eigenvalue weighted by Crippen LogP contribution is -2.64. The fourth-order valence-corrected chi connectivity index (χ4v) is 5.24. The minimum absolute atomic E-state index is 0.00259. The molecule has 29 heavy (non-hydrogen) atoms. The third kappa shape index (κ3) is 3.62. The number of rotatable bonds is 6. The van der Waals surface area contributed by atoms with E-state index in [1.165, 1.54) is 0 Å². The topological polar surface area (TPSA) is 40.6 Å². The van der Waals surface area contributed by atoms with Gasteiger partial charge in [0.25, 0.3) is 0 Å². The Hall–Kier alpha value is -2.46. The molecule has 4 unspecified atom stereocenters. The van der Waals surface area contributed by atoms with E-state index in [0.29, 0.717) is 19.6 Å². The molecule has 5 rings (SSSR count). The molecule has 3 aliphatic heterocycles. The minimum Gasteiger partial charge on any atom is -0.343 e. The van der Waals surface area contributed by atoms with Crippen molar-refractivity contribution in [1.82, 2.24) is 9.80 Å². The molecule has 0 aliphatic carbocycles. The molecule has 0 saturated carbocycles. The molecule has 2 aromatic rings. The molecule has 0 radical (unpaired) electrons. The first-order chi connectivity index (χ1) is 14.2. The van der Waals surface area contributed by atoms with Crippen LogP contribution < -0.4 is 0 Å². The molecule has 2 aromatic carbocycles. The van der Waals surface area contributed by atoms with Crippen molar-refractivity contribution in [2.75, 3.05) is 26.2 Å². The van der Waals surface area contributed by atoms with Crippen LogP contribution in [0.5, 0.6) is 0 Å². The largest absolute Gasteiger partial charge is 0.343 e. The van der Waals surface area contributed by atoms with Crippen molar-refractivity contribution in [2.45, 2.75) is 32.2 Å². The summed E-state index contributed by atoms with van der Waals surface area (Å²) < 4.78 is 0. The standard InChI is InChI=1S/C25H30N2O2/c1-3-26(4-2)25(29)21-17-27-16-15-20(21)24(28)23(27)22(18-11-7-5-8-12-18)19-13-9-6-10-14-19/h5-14,20-23H,3-4,15-17H2,1-2H3. The van der Waals surface area contributed by atoms with E-state index in [4.69, 9.17) is 0 Å². The van der Waals surface area contributed by atoms with Gasteiger partial charge in [-0.05, 0) is 37.9 Å². The molecule has 0 spiro atoms.